The Morgan fingerprint density at radius 3 is 2.62 bits per heavy atom. The summed E-state index contributed by atoms with van der Waals surface area (Å²) in [5, 5.41) is 3.51. The smallest absolute Gasteiger partial charge is 0.193 e. The van der Waals surface area contributed by atoms with E-state index in [1.54, 1.807) is 0 Å². The Bertz CT molecular complexity index is 447. The molecule has 26 heavy (non-hydrogen) atoms. The third kappa shape index (κ3) is 5.98. The lowest BCUT2D eigenvalue weighted by atomic mass is 10.1. The monoisotopic (exact) mass is 361 g/mol. The molecule has 1 N–H and O–H groups in total. The van der Waals surface area contributed by atoms with Crippen molar-refractivity contribution in [2.24, 2.45) is 4.99 Å². The molecule has 2 saturated heterocycles. The van der Waals surface area contributed by atoms with Crippen LogP contribution in [0, 0.1) is 0 Å². The van der Waals surface area contributed by atoms with Crippen molar-refractivity contribution in [3.63, 3.8) is 0 Å². The zero-order valence-electron chi connectivity index (χ0n) is 16.8. The van der Waals surface area contributed by atoms with Crippen molar-refractivity contribution in [3.05, 3.63) is 12.2 Å². The number of hydrogen-bond acceptors (Lipinski definition) is 3. The van der Waals surface area contributed by atoms with Crippen molar-refractivity contribution >= 4 is 5.96 Å². The molecule has 0 radical (unpaired) electrons. The number of hydrogen-bond donors (Lipinski definition) is 1. The number of guanidine groups is 1. The van der Waals surface area contributed by atoms with Gasteiger partial charge in [0.2, 0.25) is 0 Å². The molecule has 5 heteroatoms. The third-order valence-corrected chi connectivity index (χ3v) is 6.00. The number of nitrogens with zero attached hydrogens (tertiary/aromatic N) is 4. The SMILES string of the molecule is CCNC(=NCCCCCN1CCCCC1)N1CCC(N2CC=CC2)C1. The summed E-state index contributed by atoms with van der Waals surface area (Å²) in [7, 11) is 0. The maximum atomic E-state index is 4.92. The molecule has 1 atom stereocenters. The molecule has 0 spiro atoms. The van der Waals surface area contributed by atoms with E-state index in [1.165, 1.54) is 64.6 Å². The van der Waals surface area contributed by atoms with Crippen LogP contribution in [0.4, 0.5) is 0 Å². The van der Waals surface area contributed by atoms with Gasteiger partial charge in [-0.15, -0.1) is 0 Å². The van der Waals surface area contributed by atoms with Gasteiger partial charge in [0.1, 0.15) is 0 Å². The van der Waals surface area contributed by atoms with E-state index in [0.717, 1.165) is 45.2 Å². The summed E-state index contributed by atoms with van der Waals surface area (Å²) in [4.78, 5) is 12.6. The van der Waals surface area contributed by atoms with Gasteiger partial charge in [-0.1, -0.05) is 25.0 Å². The van der Waals surface area contributed by atoms with E-state index >= 15 is 0 Å². The second-order valence-corrected chi connectivity index (χ2v) is 8.01. The lowest BCUT2D eigenvalue weighted by molar-refractivity contribution is 0.224. The Morgan fingerprint density at radius 1 is 1.04 bits per heavy atom. The van der Waals surface area contributed by atoms with Crippen LogP contribution in [0.1, 0.15) is 51.9 Å². The summed E-state index contributed by atoms with van der Waals surface area (Å²) >= 11 is 0. The fraction of sp³-hybridized carbons (Fsp3) is 0.857. The molecule has 0 aromatic heterocycles. The molecule has 0 amide bonds. The molecule has 3 rings (SSSR count). The summed E-state index contributed by atoms with van der Waals surface area (Å²) in [5.41, 5.74) is 0. The minimum Gasteiger partial charge on any atom is -0.357 e. The van der Waals surface area contributed by atoms with E-state index < -0.39 is 0 Å². The van der Waals surface area contributed by atoms with Crippen LogP contribution in [0.15, 0.2) is 17.1 Å². The van der Waals surface area contributed by atoms with Gasteiger partial charge in [0.15, 0.2) is 5.96 Å². The first-order valence-corrected chi connectivity index (χ1v) is 11.0. The highest BCUT2D eigenvalue weighted by Crippen LogP contribution is 2.18. The van der Waals surface area contributed by atoms with Crippen molar-refractivity contribution < 1.29 is 0 Å². The number of rotatable bonds is 8. The second-order valence-electron chi connectivity index (χ2n) is 8.01. The molecule has 3 aliphatic rings. The van der Waals surface area contributed by atoms with Crippen LogP contribution in [-0.2, 0) is 0 Å². The first-order chi connectivity index (χ1) is 12.9. The molecule has 148 valence electrons. The maximum absolute atomic E-state index is 4.92. The summed E-state index contributed by atoms with van der Waals surface area (Å²) in [5.74, 6) is 1.14. The lowest BCUT2D eigenvalue weighted by Gasteiger charge is -2.26. The van der Waals surface area contributed by atoms with Crippen LogP contribution in [-0.4, -0.2) is 85.6 Å². The molecule has 2 fully saturated rings. The van der Waals surface area contributed by atoms with Crippen LogP contribution >= 0.6 is 0 Å². The van der Waals surface area contributed by atoms with Crippen molar-refractivity contribution in [2.75, 3.05) is 58.9 Å². The Hall–Kier alpha value is -1.07. The predicted octanol–water partition coefficient (Wildman–Crippen LogP) is 2.55. The molecule has 1 unspecified atom stereocenters. The van der Waals surface area contributed by atoms with Gasteiger partial charge in [0.25, 0.3) is 0 Å². The third-order valence-electron chi connectivity index (χ3n) is 6.00. The molecule has 3 aliphatic heterocycles. The van der Waals surface area contributed by atoms with E-state index in [0.29, 0.717) is 6.04 Å². The molecule has 5 nitrogen and oxygen atoms in total. The van der Waals surface area contributed by atoms with Gasteiger partial charge < -0.3 is 15.1 Å². The van der Waals surface area contributed by atoms with E-state index in [-0.39, 0.29) is 0 Å². The highest BCUT2D eigenvalue weighted by atomic mass is 15.3. The zero-order chi connectivity index (χ0) is 18.0. The summed E-state index contributed by atoms with van der Waals surface area (Å²) in [6.45, 7) is 12.6. The largest absolute Gasteiger partial charge is 0.357 e. The number of piperidine rings is 1. The fourth-order valence-corrected chi connectivity index (χ4v) is 4.44. The normalized spacial score (nSPS) is 25.3. The number of likely N-dealkylation sites (tertiary alicyclic amines) is 2. The first kappa shape index (κ1) is 19.7. The van der Waals surface area contributed by atoms with Gasteiger partial charge in [-0.25, -0.2) is 0 Å². The van der Waals surface area contributed by atoms with Gasteiger partial charge in [-0.2, -0.15) is 0 Å². The average Bonchev–Trinajstić information content (AvgIpc) is 3.36. The first-order valence-electron chi connectivity index (χ1n) is 11.0. The van der Waals surface area contributed by atoms with Crippen molar-refractivity contribution in [1.29, 1.82) is 0 Å². The van der Waals surface area contributed by atoms with Crippen LogP contribution in [0.3, 0.4) is 0 Å². The van der Waals surface area contributed by atoms with E-state index in [1.807, 2.05) is 0 Å². The molecule has 0 saturated carbocycles. The molecular formula is C21H39N5. The molecule has 0 aromatic carbocycles. The van der Waals surface area contributed by atoms with Gasteiger partial charge in [0.05, 0.1) is 0 Å². The second kappa shape index (κ2) is 10.9. The maximum Gasteiger partial charge on any atom is 0.193 e. The quantitative estimate of drug-likeness (QED) is 0.312. The van der Waals surface area contributed by atoms with Crippen LogP contribution < -0.4 is 5.32 Å². The Morgan fingerprint density at radius 2 is 1.85 bits per heavy atom. The predicted molar refractivity (Wildman–Crippen MR) is 111 cm³/mol. The summed E-state index contributed by atoms with van der Waals surface area (Å²) < 4.78 is 0. The van der Waals surface area contributed by atoms with E-state index in [2.05, 4.69) is 39.1 Å². The standard InChI is InChI=1S/C21H39N5/c1-2-22-21(26-18-11-20(19-26)25-16-9-10-17-25)23-12-5-3-6-13-24-14-7-4-8-15-24/h9-10,20H,2-8,11-19H2,1H3,(H,22,23). The highest BCUT2D eigenvalue weighted by Gasteiger charge is 2.29. The minimum absolute atomic E-state index is 0.693. The van der Waals surface area contributed by atoms with Crippen LogP contribution in [0.2, 0.25) is 0 Å². The molecule has 0 bridgehead atoms. The molecule has 0 aromatic rings. The lowest BCUT2D eigenvalue weighted by Crippen LogP contribution is -2.42. The fourth-order valence-electron chi connectivity index (χ4n) is 4.44. The molecule has 3 heterocycles. The topological polar surface area (TPSA) is 34.1 Å². The number of unbranched alkanes of at least 4 members (excludes halogenated alkanes) is 2. The number of nitrogens with one attached hydrogen (secondary N) is 1. The molecule has 0 aliphatic carbocycles. The van der Waals surface area contributed by atoms with Crippen molar-refractivity contribution in [2.45, 2.75) is 57.9 Å². The van der Waals surface area contributed by atoms with Gasteiger partial charge in [-0.3, -0.25) is 9.89 Å². The van der Waals surface area contributed by atoms with Crippen molar-refractivity contribution in [1.82, 2.24) is 20.0 Å². The summed E-state index contributed by atoms with van der Waals surface area (Å²) in [6.07, 6.45) is 14.0. The Kier molecular flexibility index (Phi) is 8.27. The minimum atomic E-state index is 0.693. The Balaban J connectivity index is 1.34. The van der Waals surface area contributed by atoms with E-state index in [9.17, 15) is 0 Å². The average molecular weight is 362 g/mol. The van der Waals surface area contributed by atoms with Gasteiger partial charge in [0, 0.05) is 45.3 Å². The number of aliphatic imine (C=N–C) groups is 1. The van der Waals surface area contributed by atoms with E-state index in [4.69, 9.17) is 4.99 Å². The Labute approximate surface area is 160 Å². The zero-order valence-corrected chi connectivity index (χ0v) is 16.8. The molecular weight excluding hydrogens is 322 g/mol. The van der Waals surface area contributed by atoms with Crippen LogP contribution in [0.5, 0.6) is 0 Å². The van der Waals surface area contributed by atoms with Gasteiger partial charge >= 0.3 is 0 Å². The summed E-state index contributed by atoms with van der Waals surface area (Å²) in [6, 6.07) is 0.693. The van der Waals surface area contributed by atoms with Crippen LogP contribution in [0.25, 0.3) is 0 Å². The highest BCUT2D eigenvalue weighted by molar-refractivity contribution is 5.80. The van der Waals surface area contributed by atoms with Gasteiger partial charge in [-0.05, 0) is 58.7 Å². The van der Waals surface area contributed by atoms with Crippen molar-refractivity contribution in [3.8, 4) is 0 Å².